The molecule has 2 unspecified atom stereocenters. The predicted molar refractivity (Wildman–Crippen MR) is 158 cm³/mol. The molecule has 1 aromatic heterocycles. The van der Waals surface area contributed by atoms with E-state index in [0.29, 0.717) is 10.6 Å². The zero-order chi connectivity index (χ0) is 27.9. The summed E-state index contributed by atoms with van der Waals surface area (Å²) < 4.78 is 28.8. The Morgan fingerprint density at radius 2 is 1.52 bits per heavy atom. The van der Waals surface area contributed by atoms with Gasteiger partial charge in [0.05, 0.1) is 10.9 Å². The number of hydrogen-bond donors (Lipinski definition) is 1. The molecule has 0 bridgehead atoms. The number of sulfonamides is 1. The number of carbonyl (C=O) groups is 2. The van der Waals surface area contributed by atoms with E-state index in [-0.39, 0.29) is 30.4 Å². The Morgan fingerprint density at radius 1 is 0.925 bits per heavy atom. The van der Waals surface area contributed by atoms with Crippen LogP contribution < -0.4 is 5.73 Å². The van der Waals surface area contributed by atoms with Crippen molar-refractivity contribution in [2.24, 2.45) is 5.73 Å². The molecule has 2 atom stereocenters. The summed E-state index contributed by atoms with van der Waals surface area (Å²) in [6, 6.07) is 19.8. The Balaban J connectivity index is 0.00000370. The molecule has 2 heterocycles. The minimum Gasteiger partial charge on any atom is -0.368 e. The summed E-state index contributed by atoms with van der Waals surface area (Å²) in [4.78, 5) is 32.0. The van der Waals surface area contributed by atoms with Crippen molar-refractivity contribution < 1.29 is 18.0 Å². The van der Waals surface area contributed by atoms with Crippen LogP contribution in [-0.2, 0) is 14.8 Å². The molecule has 1 aliphatic heterocycles. The number of fused-ring (bicyclic) bond motifs is 1. The molecule has 2 amide bonds. The molecule has 5 rings (SSSR count). The first-order valence-corrected chi connectivity index (χ1v) is 14.2. The number of hydrogen-bond acceptors (Lipinski definition) is 5. The van der Waals surface area contributed by atoms with Gasteiger partial charge in [-0.2, -0.15) is 4.31 Å². The van der Waals surface area contributed by atoms with Crippen molar-refractivity contribution in [3.8, 4) is 11.1 Å². The van der Waals surface area contributed by atoms with Crippen molar-refractivity contribution >= 4 is 56.6 Å². The van der Waals surface area contributed by atoms with Crippen LogP contribution in [0.25, 0.3) is 21.9 Å². The smallest absolute Gasteiger partial charge is 0.254 e. The Kier molecular flexibility index (Phi) is 8.23. The summed E-state index contributed by atoms with van der Waals surface area (Å²) in [6.45, 7) is 3.13. The molecule has 4 aromatic rings. The fourth-order valence-corrected chi connectivity index (χ4v) is 7.02. The molecule has 40 heavy (non-hydrogen) atoms. The van der Waals surface area contributed by atoms with Crippen LogP contribution in [0.5, 0.6) is 0 Å². The number of piperazine rings is 1. The summed E-state index contributed by atoms with van der Waals surface area (Å²) in [5.41, 5.74) is 6.51. The van der Waals surface area contributed by atoms with E-state index in [1.165, 1.54) is 22.2 Å². The second-order valence-corrected chi connectivity index (χ2v) is 12.1. The summed E-state index contributed by atoms with van der Waals surface area (Å²) in [6.07, 6.45) is 3.38. The van der Waals surface area contributed by atoms with Crippen molar-refractivity contribution in [2.75, 3.05) is 13.1 Å². The summed E-state index contributed by atoms with van der Waals surface area (Å²) in [5, 5.41) is 2.08. The average Bonchev–Trinajstić information content (AvgIpc) is 2.94. The van der Waals surface area contributed by atoms with Gasteiger partial charge in [-0.05, 0) is 84.3 Å². The van der Waals surface area contributed by atoms with Gasteiger partial charge in [-0.3, -0.25) is 14.6 Å². The number of primary amides is 1. The number of nitrogens with zero attached hydrogens (tertiary/aromatic N) is 3. The van der Waals surface area contributed by atoms with E-state index in [1.807, 2.05) is 24.3 Å². The number of pyridine rings is 1. The largest absolute Gasteiger partial charge is 0.368 e. The normalized spacial score (nSPS) is 19.7. The Morgan fingerprint density at radius 3 is 2.17 bits per heavy atom. The van der Waals surface area contributed by atoms with Crippen LogP contribution >= 0.6 is 24.0 Å². The molecule has 1 aliphatic rings. The first-order chi connectivity index (χ1) is 18.5. The van der Waals surface area contributed by atoms with Crippen molar-refractivity contribution in [1.29, 1.82) is 0 Å². The standard InChI is InChI=1S/C29H27ClN4O4S.ClH/c1-19-29(2,28(31)36)33(27(35)22-5-3-20(4-6-22)21-11-13-32-14-12-21)15-16-34(19)39(37,38)26-10-8-23-17-25(30)9-7-24(23)18-26;/h3-14,17-19H,15-16H2,1-2H3,(H2,31,36);1H. The van der Waals surface area contributed by atoms with Gasteiger partial charge < -0.3 is 10.6 Å². The second kappa shape index (κ2) is 11.2. The third-order valence-corrected chi connectivity index (χ3v) is 9.82. The van der Waals surface area contributed by atoms with Crippen LogP contribution in [0.1, 0.15) is 24.2 Å². The van der Waals surface area contributed by atoms with E-state index in [2.05, 4.69) is 4.98 Å². The molecular weight excluding hydrogens is 571 g/mol. The van der Waals surface area contributed by atoms with Gasteiger partial charge >= 0.3 is 0 Å². The highest BCUT2D eigenvalue weighted by Crippen LogP contribution is 2.34. The SMILES string of the molecule is CC1N(S(=O)(=O)c2ccc3cc(Cl)ccc3c2)CCN(C(=O)c2ccc(-c3ccncc3)cc2)C1(C)C(N)=O.Cl. The van der Waals surface area contributed by atoms with E-state index in [0.717, 1.165) is 21.9 Å². The maximum Gasteiger partial charge on any atom is 0.254 e. The number of rotatable bonds is 5. The zero-order valence-electron chi connectivity index (χ0n) is 21.8. The van der Waals surface area contributed by atoms with E-state index >= 15 is 0 Å². The lowest BCUT2D eigenvalue weighted by Crippen LogP contribution is -2.72. The molecule has 0 spiro atoms. The van der Waals surface area contributed by atoms with Crippen LogP contribution in [0.3, 0.4) is 0 Å². The van der Waals surface area contributed by atoms with E-state index in [4.69, 9.17) is 17.3 Å². The topological polar surface area (TPSA) is 114 Å². The highest BCUT2D eigenvalue weighted by molar-refractivity contribution is 7.89. The quantitative estimate of drug-likeness (QED) is 0.356. The van der Waals surface area contributed by atoms with Crippen LogP contribution in [0.15, 0.2) is 90.1 Å². The minimum atomic E-state index is -4.02. The first kappa shape index (κ1) is 29.5. The minimum absolute atomic E-state index is 0. The summed E-state index contributed by atoms with van der Waals surface area (Å²) in [5.74, 6) is -1.19. The van der Waals surface area contributed by atoms with Gasteiger partial charge in [0.15, 0.2) is 0 Å². The predicted octanol–water partition coefficient (Wildman–Crippen LogP) is 4.76. The fraction of sp³-hybridized carbons (Fsp3) is 0.207. The molecule has 1 saturated heterocycles. The van der Waals surface area contributed by atoms with Gasteiger partial charge in [0.2, 0.25) is 15.9 Å². The lowest BCUT2D eigenvalue weighted by molar-refractivity contribution is -0.133. The van der Waals surface area contributed by atoms with Crippen molar-refractivity contribution in [3.05, 3.63) is 95.8 Å². The molecule has 1 fully saturated rings. The van der Waals surface area contributed by atoms with Crippen LogP contribution in [0.2, 0.25) is 5.02 Å². The van der Waals surface area contributed by atoms with Crippen LogP contribution in [0.4, 0.5) is 0 Å². The number of amides is 2. The summed E-state index contributed by atoms with van der Waals surface area (Å²) >= 11 is 6.06. The second-order valence-electron chi connectivity index (χ2n) is 9.73. The van der Waals surface area contributed by atoms with Gasteiger partial charge in [0.25, 0.3) is 5.91 Å². The Labute approximate surface area is 244 Å². The van der Waals surface area contributed by atoms with Gasteiger partial charge in [0, 0.05) is 36.1 Å². The Hall–Kier alpha value is -3.50. The number of nitrogens with two attached hydrogens (primary N) is 1. The molecule has 0 aliphatic carbocycles. The lowest BCUT2D eigenvalue weighted by atomic mass is 9.87. The number of halogens is 2. The third-order valence-electron chi connectivity index (χ3n) is 7.62. The molecular formula is C29H28Cl2N4O4S. The first-order valence-electron chi connectivity index (χ1n) is 12.4. The molecule has 2 N–H and O–H groups in total. The van der Waals surface area contributed by atoms with Gasteiger partial charge in [-0.25, -0.2) is 8.42 Å². The fourth-order valence-electron chi connectivity index (χ4n) is 5.11. The molecule has 0 radical (unpaired) electrons. The monoisotopic (exact) mass is 598 g/mol. The van der Waals surface area contributed by atoms with Crippen molar-refractivity contribution in [3.63, 3.8) is 0 Å². The lowest BCUT2D eigenvalue weighted by Gasteiger charge is -2.50. The highest BCUT2D eigenvalue weighted by atomic mass is 35.5. The molecule has 0 saturated carbocycles. The van der Waals surface area contributed by atoms with E-state index in [9.17, 15) is 18.0 Å². The number of benzene rings is 3. The number of aromatic nitrogens is 1. The van der Waals surface area contributed by atoms with Gasteiger partial charge in [0.1, 0.15) is 5.54 Å². The average molecular weight is 600 g/mol. The number of carbonyl (C=O) groups excluding carboxylic acids is 2. The van der Waals surface area contributed by atoms with Crippen molar-refractivity contribution in [2.45, 2.75) is 30.3 Å². The van der Waals surface area contributed by atoms with Gasteiger partial charge in [-0.1, -0.05) is 35.9 Å². The zero-order valence-corrected chi connectivity index (χ0v) is 24.2. The molecule has 11 heteroatoms. The van der Waals surface area contributed by atoms with Crippen LogP contribution in [-0.4, -0.2) is 59.1 Å². The van der Waals surface area contributed by atoms with Crippen molar-refractivity contribution in [1.82, 2.24) is 14.2 Å². The van der Waals surface area contributed by atoms with E-state index in [1.54, 1.807) is 61.8 Å². The molecule has 3 aromatic carbocycles. The third kappa shape index (κ3) is 5.06. The molecule has 208 valence electrons. The molecule has 8 nitrogen and oxygen atoms in total. The summed E-state index contributed by atoms with van der Waals surface area (Å²) in [7, 11) is -4.02. The van der Waals surface area contributed by atoms with E-state index < -0.39 is 33.4 Å². The highest BCUT2D eigenvalue weighted by Gasteiger charge is 2.53. The Bertz CT molecular complexity index is 1680. The maximum absolute atomic E-state index is 13.8. The maximum atomic E-state index is 13.8. The van der Waals surface area contributed by atoms with Gasteiger partial charge in [-0.15, -0.1) is 12.4 Å². The van der Waals surface area contributed by atoms with Crippen LogP contribution in [0, 0.1) is 0 Å².